The van der Waals surface area contributed by atoms with Crippen LogP contribution in [0.25, 0.3) is 0 Å². The Morgan fingerprint density at radius 1 is 1.50 bits per heavy atom. The van der Waals surface area contributed by atoms with E-state index in [1.54, 1.807) is 19.1 Å². The Morgan fingerprint density at radius 3 is 2.81 bits per heavy atom. The van der Waals surface area contributed by atoms with E-state index in [9.17, 15) is 4.39 Å². The van der Waals surface area contributed by atoms with Crippen LogP contribution in [-0.2, 0) is 0 Å². The van der Waals surface area contributed by atoms with Crippen LogP contribution in [0.4, 0.5) is 4.39 Å². The Morgan fingerprint density at radius 2 is 2.25 bits per heavy atom. The van der Waals surface area contributed by atoms with Crippen LogP contribution in [0.1, 0.15) is 18.4 Å². The molecular formula is C13H18FNO. The summed E-state index contributed by atoms with van der Waals surface area (Å²) in [6.07, 6.45) is 2.58. The van der Waals surface area contributed by atoms with Gasteiger partial charge in [-0.3, -0.25) is 0 Å². The minimum atomic E-state index is -0.181. The van der Waals surface area contributed by atoms with Gasteiger partial charge in [0.05, 0.1) is 0 Å². The van der Waals surface area contributed by atoms with Crippen LogP contribution in [0.15, 0.2) is 18.2 Å². The number of nitrogens with one attached hydrogen (secondary N) is 1. The summed E-state index contributed by atoms with van der Waals surface area (Å²) in [4.78, 5) is 0. The van der Waals surface area contributed by atoms with E-state index in [4.69, 9.17) is 4.74 Å². The number of benzene rings is 1. The van der Waals surface area contributed by atoms with Crippen molar-refractivity contribution in [3.8, 4) is 5.75 Å². The normalized spacial score (nSPS) is 17.2. The molecule has 0 aromatic heterocycles. The van der Waals surface area contributed by atoms with Gasteiger partial charge in [-0.15, -0.1) is 0 Å². The Hall–Kier alpha value is -1.09. The quantitative estimate of drug-likeness (QED) is 0.828. The van der Waals surface area contributed by atoms with E-state index in [1.165, 1.54) is 18.9 Å². The first-order valence-corrected chi connectivity index (χ1v) is 5.77. The van der Waals surface area contributed by atoms with E-state index < -0.39 is 0 Å². The van der Waals surface area contributed by atoms with Gasteiger partial charge in [0.1, 0.15) is 18.2 Å². The van der Waals surface area contributed by atoms with Crippen LogP contribution in [0.3, 0.4) is 0 Å². The van der Waals surface area contributed by atoms with Crippen LogP contribution >= 0.6 is 0 Å². The largest absolute Gasteiger partial charge is 0.492 e. The number of hydrogen-bond donors (Lipinski definition) is 1. The summed E-state index contributed by atoms with van der Waals surface area (Å²) < 4.78 is 18.7. The first-order chi connectivity index (χ1) is 7.70. The Labute approximate surface area is 95.8 Å². The summed E-state index contributed by atoms with van der Waals surface area (Å²) in [7, 11) is 1.96. The summed E-state index contributed by atoms with van der Waals surface area (Å²) in [5.41, 5.74) is 0.630. The molecule has 1 aromatic rings. The fourth-order valence-electron chi connectivity index (χ4n) is 1.85. The Balaban J connectivity index is 1.90. The molecule has 0 aliphatic heterocycles. The summed E-state index contributed by atoms with van der Waals surface area (Å²) in [6, 6.07) is 5.30. The number of likely N-dealkylation sites (N-methyl/N-ethyl adjacent to an activating group) is 1. The third-order valence-electron chi connectivity index (χ3n) is 3.12. The Bertz CT molecular complexity index is 363. The minimum absolute atomic E-state index is 0.181. The molecule has 1 aliphatic rings. The minimum Gasteiger partial charge on any atom is -0.492 e. The molecule has 0 heterocycles. The molecule has 1 fully saturated rings. The van der Waals surface area contributed by atoms with Crippen LogP contribution in [0.2, 0.25) is 0 Å². The van der Waals surface area contributed by atoms with E-state index in [0.717, 1.165) is 11.7 Å². The molecule has 1 aliphatic carbocycles. The van der Waals surface area contributed by atoms with Gasteiger partial charge >= 0.3 is 0 Å². The van der Waals surface area contributed by atoms with Crippen molar-refractivity contribution in [3.63, 3.8) is 0 Å². The summed E-state index contributed by atoms with van der Waals surface area (Å²) in [6.45, 7) is 2.41. The molecule has 2 nitrogen and oxygen atoms in total. The van der Waals surface area contributed by atoms with Gasteiger partial charge in [-0.05, 0) is 56.5 Å². The monoisotopic (exact) mass is 223 g/mol. The average Bonchev–Trinajstić information content (AvgIpc) is 3.08. The topological polar surface area (TPSA) is 21.3 Å². The van der Waals surface area contributed by atoms with Crippen molar-refractivity contribution in [1.29, 1.82) is 0 Å². The molecule has 2 rings (SSSR count). The number of aryl methyl sites for hydroxylation is 1. The number of halogens is 1. The van der Waals surface area contributed by atoms with Gasteiger partial charge in [0.2, 0.25) is 0 Å². The van der Waals surface area contributed by atoms with Crippen molar-refractivity contribution in [1.82, 2.24) is 5.32 Å². The maximum absolute atomic E-state index is 13.0. The first kappa shape index (κ1) is 11.4. The third-order valence-corrected chi connectivity index (χ3v) is 3.12. The lowest BCUT2D eigenvalue weighted by Gasteiger charge is -2.16. The zero-order valence-electron chi connectivity index (χ0n) is 9.79. The van der Waals surface area contributed by atoms with Crippen LogP contribution < -0.4 is 10.1 Å². The van der Waals surface area contributed by atoms with E-state index in [-0.39, 0.29) is 5.82 Å². The number of ether oxygens (including phenoxy) is 1. The maximum Gasteiger partial charge on any atom is 0.126 e. The van der Waals surface area contributed by atoms with Crippen molar-refractivity contribution < 1.29 is 9.13 Å². The predicted molar refractivity (Wildman–Crippen MR) is 62.2 cm³/mol. The highest BCUT2D eigenvalue weighted by Crippen LogP contribution is 2.32. The second-order valence-corrected chi connectivity index (χ2v) is 4.45. The van der Waals surface area contributed by atoms with Gasteiger partial charge in [-0.2, -0.15) is 0 Å². The van der Waals surface area contributed by atoms with Crippen molar-refractivity contribution in [2.45, 2.75) is 25.8 Å². The molecule has 1 unspecified atom stereocenters. The fourth-order valence-corrected chi connectivity index (χ4v) is 1.85. The summed E-state index contributed by atoms with van der Waals surface area (Å²) in [5, 5.41) is 3.26. The molecule has 1 atom stereocenters. The molecule has 88 valence electrons. The molecule has 1 aromatic carbocycles. The highest BCUT2D eigenvalue weighted by atomic mass is 19.1. The first-order valence-electron chi connectivity index (χ1n) is 5.77. The smallest absolute Gasteiger partial charge is 0.126 e. The SMILES string of the molecule is CNC(COc1ccc(F)c(C)c1)C1CC1. The van der Waals surface area contributed by atoms with Crippen molar-refractivity contribution >= 4 is 0 Å². The molecule has 0 saturated heterocycles. The highest BCUT2D eigenvalue weighted by Gasteiger charge is 2.30. The molecule has 0 bridgehead atoms. The lowest BCUT2D eigenvalue weighted by molar-refractivity contribution is 0.256. The van der Waals surface area contributed by atoms with Crippen LogP contribution in [0.5, 0.6) is 5.75 Å². The van der Waals surface area contributed by atoms with Crippen molar-refractivity contribution in [3.05, 3.63) is 29.6 Å². The van der Waals surface area contributed by atoms with Crippen LogP contribution in [-0.4, -0.2) is 19.7 Å². The molecule has 3 heteroatoms. The standard InChI is InChI=1S/C13H18FNO/c1-9-7-11(5-6-12(9)14)16-8-13(15-2)10-3-4-10/h5-7,10,13,15H,3-4,8H2,1-2H3. The molecule has 0 amide bonds. The zero-order valence-corrected chi connectivity index (χ0v) is 9.79. The lowest BCUT2D eigenvalue weighted by Crippen LogP contribution is -2.33. The van der Waals surface area contributed by atoms with E-state index in [0.29, 0.717) is 18.2 Å². The maximum atomic E-state index is 13.0. The summed E-state index contributed by atoms with van der Waals surface area (Å²) in [5.74, 6) is 1.33. The zero-order chi connectivity index (χ0) is 11.5. The molecular weight excluding hydrogens is 205 g/mol. The van der Waals surface area contributed by atoms with Gasteiger partial charge in [0.15, 0.2) is 0 Å². The van der Waals surface area contributed by atoms with Gasteiger partial charge < -0.3 is 10.1 Å². The predicted octanol–water partition coefficient (Wildman–Crippen LogP) is 2.51. The highest BCUT2D eigenvalue weighted by molar-refractivity contribution is 5.28. The molecule has 1 saturated carbocycles. The molecule has 0 radical (unpaired) electrons. The second kappa shape index (κ2) is 4.83. The molecule has 1 N–H and O–H groups in total. The van der Waals surface area contributed by atoms with Gasteiger partial charge in [0.25, 0.3) is 0 Å². The van der Waals surface area contributed by atoms with Crippen LogP contribution in [0, 0.1) is 18.7 Å². The van der Waals surface area contributed by atoms with E-state index >= 15 is 0 Å². The van der Waals surface area contributed by atoms with Crippen molar-refractivity contribution in [2.24, 2.45) is 5.92 Å². The lowest BCUT2D eigenvalue weighted by atomic mass is 10.2. The second-order valence-electron chi connectivity index (χ2n) is 4.45. The molecule has 0 spiro atoms. The van der Waals surface area contributed by atoms with Crippen molar-refractivity contribution in [2.75, 3.05) is 13.7 Å². The number of rotatable bonds is 5. The number of hydrogen-bond acceptors (Lipinski definition) is 2. The van der Waals surface area contributed by atoms with Gasteiger partial charge in [-0.25, -0.2) is 4.39 Å². The van der Waals surface area contributed by atoms with Gasteiger partial charge in [-0.1, -0.05) is 0 Å². The Kier molecular flexibility index (Phi) is 3.44. The van der Waals surface area contributed by atoms with Gasteiger partial charge in [0, 0.05) is 6.04 Å². The van der Waals surface area contributed by atoms with E-state index in [1.807, 2.05) is 7.05 Å². The summed E-state index contributed by atoms with van der Waals surface area (Å²) >= 11 is 0. The van der Waals surface area contributed by atoms with E-state index in [2.05, 4.69) is 5.32 Å². The average molecular weight is 223 g/mol. The third kappa shape index (κ3) is 2.73. The molecule has 16 heavy (non-hydrogen) atoms. The fraction of sp³-hybridized carbons (Fsp3) is 0.538.